The fraction of sp³-hybridized carbons (Fsp3) is 0.500. The van der Waals surface area contributed by atoms with Gasteiger partial charge < -0.3 is 4.98 Å². The second-order valence-corrected chi connectivity index (χ2v) is 7.23. The summed E-state index contributed by atoms with van der Waals surface area (Å²) >= 11 is 3.21. The van der Waals surface area contributed by atoms with Gasteiger partial charge in [0.1, 0.15) is 5.69 Å². The fourth-order valence-corrected chi connectivity index (χ4v) is 3.76. The van der Waals surface area contributed by atoms with E-state index >= 15 is 0 Å². The number of carbonyl (C=O) groups is 4. The van der Waals surface area contributed by atoms with Crippen LogP contribution in [-0.4, -0.2) is 40.1 Å². The van der Waals surface area contributed by atoms with E-state index in [1.165, 1.54) is 4.90 Å². The van der Waals surface area contributed by atoms with Crippen LogP contribution in [0.15, 0.2) is 16.7 Å². The van der Waals surface area contributed by atoms with Crippen LogP contribution in [0, 0.1) is 11.8 Å². The van der Waals surface area contributed by atoms with Crippen molar-refractivity contribution in [3.8, 4) is 0 Å². The van der Waals surface area contributed by atoms with Gasteiger partial charge >= 0.3 is 0 Å². The van der Waals surface area contributed by atoms with E-state index in [4.69, 9.17) is 0 Å². The molecule has 25 heavy (non-hydrogen) atoms. The van der Waals surface area contributed by atoms with Crippen LogP contribution in [0.25, 0.3) is 0 Å². The highest BCUT2D eigenvalue weighted by Gasteiger charge is 2.47. The minimum absolute atomic E-state index is 0.0421. The van der Waals surface area contributed by atoms with E-state index < -0.39 is 11.8 Å². The maximum absolute atomic E-state index is 12.3. The van der Waals surface area contributed by atoms with Gasteiger partial charge in [0.25, 0.3) is 5.91 Å². The van der Waals surface area contributed by atoms with Gasteiger partial charge in [-0.2, -0.15) is 0 Å². The monoisotopic (exact) mass is 410 g/mol. The molecule has 2 heterocycles. The lowest BCUT2D eigenvalue weighted by Gasteiger charge is -2.19. The lowest BCUT2D eigenvalue weighted by molar-refractivity contribution is -0.140. The third kappa shape index (κ3) is 3.76. The molecule has 0 aromatic carbocycles. The van der Waals surface area contributed by atoms with Gasteiger partial charge in [0.2, 0.25) is 17.7 Å². The minimum Gasteiger partial charge on any atom is -0.356 e. The van der Waals surface area contributed by atoms with Crippen molar-refractivity contribution in [2.75, 3.05) is 6.54 Å². The zero-order valence-electron chi connectivity index (χ0n) is 13.5. The molecule has 1 saturated heterocycles. The first-order chi connectivity index (χ1) is 12.0. The molecule has 2 atom stereocenters. The summed E-state index contributed by atoms with van der Waals surface area (Å²) in [5, 5.41) is 0. The lowest BCUT2D eigenvalue weighted by atomic mass is 9.81. The Balaban J connectivity index is 1.46. The van der Waals surface area contributed by atoms with Crippen molar-refractivity contribution >= 4 is 39.6 Å². The first-order valence-corrected chi connectivity index (χ1v) is 9.05. The second-order valence-electron chi connectivity index (χ2n) is 6.31. The highest BCUT2D eigenvalue weighted by Crippen LogP contribution is 2.37. The van der Waals surface area contributed by atoms with Crippen LogP contribution >= 0.6 is 15.9 Å². The van der Waals surface area contributed by atoms with Crippen molar-refractivity contribution in [1.29, 1.82) is 0 Å². The molecule has 4 amide bonds. The average Bonchev–Trinajstić information content (AvgIpc) is 3.14. The Hall–Kier alpha value is -2.16. The summed E-state index contributed by atoms with van der Waals surface area (Å²) in [4.78, 5) is 52.2. The Kier molecular flexibility index (Phi) is 5.22. The number of imide groups is 1. The van der Waals surface area contributed by atoms with Crippen LogP contribution in [0.2, 0.25) is 0 Å². The molecule has 3 rings (SSSR count). The molecule has 0 bridgehead atoms. The zero-order chi connectivity index (χ0) is 18.0. The molecule has 1 aliphatic heterocycles. The maximum Gasteiger partial charge on any atom is 0.286 e. The SMILES string of the molecule is O=C(CCN1C(=O)C2CCCCC2C1=O)NNC(=O)c1cc(Br)c[nH]1. The van der Waals surface area contributed by atoms with Gasteiger partial charge in [-0.25, -0.2) is 0 Å². The minimum atomic E-state index is -0.488. The number of rotatable bonds is 4. The molecule has 9 heteroatoms. The van der Waals surface area contributed by atoms with E-state index in [-0.39, 0.29) is 36.6 Å². The summed E-state index contributed by atoms with van der Waals surface area (Å²) in [5.41, 5.74) is 4.86. The first-order valence-electron chi connectivity index (χ1n) is 8.25. The first kappa shape index (κ1) is 17.7. The smallest absolute Gasteiger partial charge is 0.286 e. The lowest BCUT2D eigenvalue weighted by Crippen LogP contribution is -2.43. The predicted octanol–water partition coefficient (Wildman–Crippen LogP) is 1.10. The van der Waals surface area contributed by atoms with E-state index in [0.29, 0.717) is 5.69 Å². The molecular formula is C16H19BrN4O4. The molecule has 3 N–H and O–H groups in total. The number of hydrogen-bond donors (Lipinski definition) is 3. The number of hydrazine groups is 1. The van der Waals surface area contributed by atoms with Crippen LogP contribution in [0.1, 0.15) is 42.6 Å². The van der Waals surface area contributed by atoms with Crippen molar-refractivity contribution in [1.82, 2.24) is 20.7 Å². The summed E-state index contributed by atoms with van der Waals surface area (Å²) in [6.45, 7) is 0.0421. The zero-order valence-corrected chi connectivity index (χ0v) is 15.1. The van der Waals surface area contributed by atoms with Gasteiger partial charge in [-0.1, -0.05) is 12.8 Å². The molecular weight excluding hydrogens is 392 g/mol. The van der Waals surface area contributed by atoms with Crippen molar-refractivity contribution in [3.05, 3.63) is 22.4 Å². The van der Waals surface area contributed by atoms with Crippen LogP contribution in [-0.2, 0) is 14.4 Å². The Morgan fingerprint density at radius 1 is 1.16 bits per heavy atom. The number of nitrogens with zero attached hydrogens (tertiary/aromatic N) is 1. The van der Waals surface area contributed by atoms with Gasteiger partial charge in [-0.05, 0) is 34.8 Å². The van der Waals surface area contributed by atoms with Gasteiger partial charge in [0.05, 0.1) is 11.8 Å². The largest absolute Gasteiger partial charge is 0.356 e. The highest BCUT2D eigenvalue weighted by molar-refractivity contribution is 9.10. The summed E-state index contributed by atoms with van der Waals surface area (Å²) in [5.74, 6) is -1.70. The number of halogens is 1. The van der Waals surface area contributed by atoms with Crippen LogP contribution in [0.3, 0.4) is 0 Å². The Bertz CT molecular complexity index is 693. The Morgan fingerprint density at radius 3 is 2.36 bits per heavy atom. The molecule has 2 unspecified atom stereocenters. The van der Waals surface area contributed by atoms with Crippen molar-refractivity contribution in [2.45, 2.75) is 32.1 Å². The van der Waals surface area contributed by atoms with Gasteiger partial charge in [0, 0.05) is 23.6 Å². The van der Waals surface area contributed by atoms with Crippen LogP contribution < -0.4 is 10.9 Å². The number of nitrogens with one attached hydrogen (secondary N) is 3. The third-order valence-electron chi connectivity index (χ3n) is 4.70. The standard InChI is InChI=1S/C16H19BrN4O4/c17-9-7-12(18-8-9)14(23)20-19-13(22)5-6-21-15(24)10-3-1-2-4-11(10)16(21)25/h7-8,10-11,18H,1-6H2,(H,19,22)(H,20,23). The highest BCUT2D eigenvalue weighted by atomic mass is 79.9. The van der Waals surface area contributed by atoms with Crippen LogP contribution in [0.4, 0.5) is 0 Å². The van der Waals surface area contributed by atoms with E-state index in [1.807, 2.05) is 0 Å². The molecule has 134 valence electrons. The molecule has 0 radical (unpaired) electrons. The van der Waals surface area contributed by atoms with E-state index in [2.05, 4.69) is 31.8 Å². The van der Waals surface area contributed by atoms with Gasteiger partial charge in [-0.15, -0.1) is 0 Å². The summed E-state index contributed by atoms with van der Waals surface area (Å²) in [7, 11) is 0. The number of hydrogen-bond acceptors (Lipinski definition) is 4. The number of amides is 4. The molecule has 0 spiro atoms. The summed E-state index contributed by atoms with van der Waals surface area (Å²) in [6, 6.07) is 1.57. The number of H-pyrrole nitrogens is 1. The van der Waals surface area contributed by atoms with Gasteiger partial charge in [-0.3, -0.25) is 34.9 Å². The van der Waals surface area contributed by atoms with E-state index in [0.717, 1.165) is 30.2 Å². The molecule has 1 aromatic rings. The average molecular weight is 411 g/mol. The third-order valence-corrected chi connectivity index (χ3v) is 5.16. The number of likely N-dealkylation sites (tertiary alicyclic amines) is 1. The Morgan fingerprint density at radius 2 is 1.80 bits per heavy atom. The summed E-state index contributed by atoms with van der Waals surface area (Å²) < 4.78 is 0.719. The van der Waals surface area contributed by atoms with Crippen molar-refractivity contribution in [2.24, 2.45) is 11.8 Å². The topological polar surface area (TPSA) is 111 Å². The normalized spacial score (nSPS) is 22.7. The van der Waals surface area contributed by atoms with E-state index in [9.17, 15) is 19.2 Å². The predicted molar refractivity (Wildman–Crippen MR) is 90.9 cm³/mol. The van der Waals surface area contributed by atoms with Crippen molar-refractivity contribution < 1.29 is 19.2 Å². The second kappa shape index (κ2) is 7.38. The summed E-state index contributed by atoms with van der Waals surface area (Å²) in [6.07, 6.45) is 4.98. The Labute approximate surface area is 152 Å². The van der Waals surface area contributed by atoms with Gasteiger partial charge in [0.15, 0.2) is 0 Å². The molecule has 1 aliphatic carbocycles. The quantitative estimate of drug-likeness (QED) is 0.509. The number of carbonyl (C=O) groups excluding carboxylic acids is 4. The number of aromatic nitrogens is 1. The maximum atomic E-state index is 12.3. The molecule has 1 aromatic heterocycles. The molecule has 1 saturated carbocycles. The molecule has 8 nitrogen and oxygen atoms in total. The fourth-order valence-electron chi connectivity index (χ4n) is 3.42. The van der Waals surface area contributed by atoms with Crippen LogP contribution in [0.5, 0.6) is 0 Å². The van der Waals surface area contributed by atoms with E-state index in [1.54, 1.807) is 12.3 Å². The number of aromatic amines is 1. The molecule has 2 aliphatic rings. The molecule has 2 fully saturated rings. The van der Waals surface area contributed by atoms with Crippen molar-refractivity contribution in [3.63, 3.8) is 0 Å². The number of fused-ring (bicyclic) bond motifs is 1.